The van der Waals surface area contributed by atoms with Gasteiger partial charge in [0.2, 0.25) is 0 Å². The van der Waals surface area contributed by atoms with Crippen LogP contribution in [0.15, 0.2) is 18.2 Å². The van der Waals surface area contributed by atoms with Crippen molar-refractivity contribution in [3.05, 3.63) is 35.4 Å². The van der Waals surface area contributed by atoms with Gasteiger partial charge < -0.3 is 5.11 Å². The summed E-state index contributed by atoms with van der Waals surface area (Å²) in [6.07, 6.45) is 2.12. The third-order valence-corrected chi connectivity index (χ3v) is 2.38. The van der Waals surface area contributed by atoms with E-state index in [4.69, 9.17) is 0 Å². The van der Waals surface area contributed by atoms with Gasteiger partial charge in [-0.15, -0.1) is 0 Å². The van der Waals surface area contributed by atoms with Gasteiger partial charge in [0.15, 0.2) is 11.6 Å². The molecule has 0 aliphatic heterocycles. The van der Waals surface area contributed by atoms with Crippen LogP contribution in [-0.4, -0.2) is 11.2 Å². The fourth-order valence-electron chi connectivity index (χ4n) is 1.50. The van der Waals surface area contributed by atoms with Crippen molar-refractivity contribution >= 4 is 0 Å². The molecule has 0 saturated heterocycles. The van der Waals surface area contributed by atoms with Gasteiger partial charge in [0.1, 0.15) is 0 Å². The summed E-state index contributed by atoms with van der Waals surface area (Å²) in [5.41, 5.74) is 0.249. The Hall–Kier alpha value is -0.960. The highest BCUT2D eigenvalue weighted by atomic mass is 19.2. The zero-order chi connectivity index (χ0) is 11.3. The number of unbranched alkanes of at least 4 members (excludes halogenated alkanes) is 1. The topological polar surface area (TPSA) is 20.2 Å². The molecule has 0 fully saturated rings. The summed E-state index contributed by atoms with van der Waals surface area (Å²) in [5.74, 6) is -1.69. The molecule has 0 bridgehead atoms. The van der Waals surface area contributed by atoms with Gasteiger partial charge in [-0.25, -0.2) is 8.78 Å². The van der Waals surface area contributed by atoms with E-state index < -0.39 is 17.7 Å². The molecule has 15 heavy (non-hydrogen) atoms. The Morgan fingerprint density at radius 2 is 2.07 bits per heavy atom. The quantitative estimate of drug-likeness (QED) is 0.798. The van der Waals surface area contributed by atoms with Crippen LogP contribution in [0.2, 0.25) is 0 Å². The Bertz CT molecular complexity index is 312. The summed E-state index contributed by atoms with van der Waals surface area (Å²) in [6, 6.07) is 4.05. The van der Waals surface area contributed by atoms with Gasteiger partial charge >= 0.3 is 0 Å². The second-order valence-corrected chi connectivity index (χ2v) is 3.71. The lowest BCUT2D eigenvalue weighted by atomic mass is 10.0. The normalized spacial score (nSPS) is 12.8. The largest absolute Gasteiger partial charge is 0.393 e. The molecule has 84 valence electrons. The summed E-state index contributed by atoms with van der Waals surface area (Å²) in [4.78, 5) is 0. The molecular formula is C12H16F2O. The van der Waals surface area contributed by atoms with Crippen LogP contribution >= 0.6 is 0 Å². The number of aliphatic hydroxyl groups excluding tert-OH is 1. The van der Waals surface area contributed by atoms with Crippen LogP contribution in [0.4, 0.5) is 8.78 Å². The summed E-state index contributed by atoms with van der Waals surface area (Å²) >= 11 is 0. The lowest BCUT2D eigenvalue weighted by molar-refractivity contribution is 0.160. The predicted molar refractivity (Wildman–Crippen MR) is 55.6 cm³/mol. The molecule has 1 nitrogen and oxygen atoms in total. The zero-order valence-corrected chi connectivity index (χ0v) is 8.84. The standard InChI is InChI=1S/C12H16F2O/c1-2-3-6-10(15)8-9-5-4-7-11(13)12(9)14/h4-5,7,10,15H,2-3,6,8H2,1H3. The maximum Gasteiger partial charge on any atom is 0.162 e. The number of rotatable bonds is 5. The molecular weight excluding hydrogens is 198 g/mol. The molecule has 1 N–H and O–H groups in total. The average molecular weight is 214 g/mol. The first kappa shape index (κ1) is 12.1. The molecule has 1 atom stereocenters. The molecule has 1 rings (SSSR count). The summed E-state index contributed by atoms with van der Waals surface area (Å²) < 4.78 is 26.0. The molecule has 0 aromatic heterocycles. The van der Waals surface area contributed by atoms with Gasteiger partial charge in [0.05, 0.1) is 6.10 Å². The number of hydrogen-bond acceptors (Lipinski definition) is 1. The van der Waals surface area contributed by atoms with E-state index in [9.17, 15) is 13.9 Å². The maximum absolute atomic E-state index is 13.2. The van der Waals surface area contributed by atoms with Gasteiger partial charge in [-0.2, -0.15) is 0 Å². The molecule has 0 heterocycles. The fraction of sp³-hybridized carbons (Fsp3) is 0.500. The van der Waals surface area contributed by atoms with E-state index in [1.807, 2.05) is 6.92 Å². The average Bonchev–Trinajstić information content (AvgIpc) is 2.22. The van der Waals surface area contributed by atoms with Gasteiger partial charge in [-0.05, 0) is 18.1 Å². The SMILES string of the molecule is CCCCC(O)Cc1cccc(F)c1F. The van der Waals surface area contributed by atoms with Crippen molar-refractivity contribution in [2.75, 3.05) is 0 Å². The Morgan fingerprint density at radius 3 is 2.73 bits per heavy atom. The monoisotopic (exact) mass is 214 g/mol. The molecule has 0 radical (unpaired) electrons. The van der Waals surface area contributed by atoms with Crippen LogP contribution in [0.1, 0.15) is 31.7 Å². The van der Waals surface area contributed by atoms with Crippen LogP contribution in [0.3, 0.4) is 0 Å². The summed E-state index contributed by atoms with van der Waals surface area (Å²) in [6.45, 7) is 2.02. The molecule has 0 spiro atoms. The van der Waals surface area contributed by atoms with E-state index >= 15 is 0 Å². The van der Waals surface area contributed by atoms with E-state index in [1.54, 1.807) is 0 Å². The van der Waals surface area contributed by atoms with E-state index in [0.29, 0.717) is 6.42 Å². The molecule has 3 heteroatoms. The minimum absolute atomic E-state index is 0.184. The summed E-state index contributed by atoms with van der Waals surface area (Å²) in [5, 5.41) is 9.56. The minimum Gasteiger partial charge on any atom is -0.393 e. The van der Waals surface area contributed by atoms with Crippen molar-refractivity contribution in [2.24, 2.45) is 0 Å². The van der Waals surface area contributed by atoms with Crippen molar-refractivity contribution in [1.82, 2.24) is 0 Å². The van der Waals surface area contributed by atoms with Crippen LogP contribution in [0.25, 0.3) is 0 Å². The van der Waals surface area contributed by atoms with Gasteiger partial charge in [0.25, 0.3) is 0 Å². The highest BCUT2D eigenvalue weighted by Crippen LogP contribution is 2.15. The molecule has 0 aliphatic rings. The first-order chi connectivity index (χ1) is 7.15. The van der Waals surface area contributed by atoms with E-state index in [1.165, 1.54) is 12.1 Å². The fourth-order valence-corrected chi connectivity index (χ4v) is 1.50. The highest BCUT2D eigenvalue weighted by Gasteiger charge is 2.11. The number of aliphatic hydroxyl groups is 1. The van der Waals surface area contributed by atoms with Crippen molar-refractivity contribution in [2.45, 2.75) is 38.7 Å². The van der Waals surface area contributed by atoms with Gasteiger partial charge in [0, 0.05) is 6.42 Å². The highest BCUT2D eigenvalue weighted by molar-refractivity contribution is 5.19. The predicted octanol–water partition coefficient (Wildman–Crippen LogP) is 3.06. The molecule has 0 aliphatic carbocycles. The maximum atomic E-state index is 13.2. The summed E-state index contributed by atoms with van der Waals surface area (Å²) in [7, 11) is 0. The first-order valence-electron chi connectivity index (χ1n) is 5.26. The third-order valence-electron chi connectivity index (χ3n) is 2.38. The molecule has 1 aromatic rings. The van der Waals surface area contributed by atoms with Crippen molar-refractivity contribution in [3.63, 3.8) is 0 Å². The van der Waals surface area contributed by atoms with Crippen LogP contribution < -0.4 is 0 Å². The molecule has 1 aromatic carbocycles. The molecule has 1 unspecified atom stereocenters. The minimum atomic E-state index is -0.852. The van der Waals surface area contributed by atoms with Crippen LogP contribution in [-0.2, 0) is 6.42 Å². The Kier molecular flexibility index (Phi) is 4.69. The van der Waals surface area contributed by atoms with Crippen LogP contribution in [0, 0.1) is 11.6 Å². The van der Waals surface area contributed by atoms with E-state index in [-0.39, 0.29) is 12.0 Å². The van der Waals surface area contributed by atoms with Crippen molar-refractivity contribution in [1.29, 1.82) is 0 Å². The van der Waals surface area contributed by atoms with E-state index in [2.05, 4.69) is 0 Å². The Morgan fingerprint density at radius 1 is 1.33 bits per heavy atom. The Balaban J connectivity index is 2.60. The van der Waals surface area contributed by atoms with Crippen LogP contribution in [0.5, 0.6) is 0 Å². The second kappa shape index (κ2) is 5.81. The van der Waals surface area contributed by atoms with Gasteiger partial charge in [-0.3, -0.25) is 0 Å². The second-order valence-electron chi connectivity index (χ2n) is 3.71. The van der Waals surface area contributed by atoms with E-state index in [0.717, 1.165) is 18.9 Å². The first-order valence-corrected chi connectivity index (χ1v) is 5.26. The smallest absolute Gasteiger partial charge is 0.162 e. The zero-order valence-electron chi connectivity index (χ0n) is 8.84. The van der Waals surface area contributed by atoms with Crippen molar-refractivity contribution in [3.8, 4) is 0 Å². The Labute approximate surface area is 88.7 Å². The lowest BCUT2D eigenvalue weighted by Crippen LogP contribution is -2.11. The lowest BCUT2D eigenvalue weighted by Gasteiger charge is -2.10. The number of benzene rings is 1. The molecule has 0 amide bonds. The van der Waals surface area contributed by atoms with Gasteiger partial charge in [-0.1, -0.05) is 31.9 Å². The third kappa shape index (κ3) is 3.59. The number of hydrogen-bond donors (Lipinski definition) is 1. The van der Waals surface area contributed by atoms with Crippen molar-refractivity contribution < 1.29 is 13.9 Å². The number of halogens is 2. The molecule has 0 saturated carbocycles.